The van der Waals surface area contributed by atoms with Gasteiger partial charge in [-0.3, -0.25) is 4.98 Å². The van der Waals surface area contributed by atoms with Gasteiger partial charge < -0.3 is 4.57 Å². The van der Waals surface area contributed by atoms with Crippen LogP contribution in [0.3, 0.4) is 0 Å². The molecule has 0 aliphatic heterocycles. The van der Waals surface area contributed by atoms with Gasteiger partial charge >= 0.3 is 0 Å². The summed E-state index contributed by atoms with van der Waals surface area (Å²) in [5, 5.41) is 0. The lowest BCUT2D eigenvalue weighted by atomic mass is 10.1. The lowest BCUT2D eigenvalue weighted by Gasteiger charge is -2.08. The molecule has 0 atom stereocenters. The zero-order valence-electron chi connectivity index (χ0n) is 9.86. The lowest BCUT2D eigenvalue weighted by molar-refractivity contribution is 0.619. The summed E-state index contributed by atoms with van der Waals surface area (Å²) in [7, 11) is 0. The minimum atomic E-state index is 0.490. The molecule has 80 valence electrons. The summed E-state index contributed by atoms with van der Waals surface area (Å²) < 4.78 is 2.30. The summed E-state index contributed by atoms with van der Waals surface area (Å²) in [5.74, 6) is 0.530. The lowest BCUT2D eigenvalue weighted by Crippen LogP contribution is -1.97. The maximum atomic E-state index is 4.48. The Hall–Kier alpha value is -1.31. The zero-order valence-corrected chi connectivity index (χ0v) is 9.86. The second-order valence-corrected chi connectivity index (χ2v) is 4.61. The number of aromatic nitrogens is 2. The van der Waals surface area contributed by atoms with E-state index in [0.717, 1.165) is 5.52 Å². The van der Waals surface area contributed by atoms with Crippen LogP contribution >= 0.6 is 0 Å². The van der Waals surface area contributed by atoms with Gasteiger partial charge in [0.1, 0.15) is 0 Å². The Morgan fingerprint density at radius 2 is 1.93 bits per heavy atom. The van der Waals surface area contributed by atoms with Gasteiger partial charge in [-0.25, -0.2) is 0 Å². The number of hydrogen-bond acceptors (Lipinski definition) is 1. The number of rotatable bonds is 2. The molecule has 0 N–H and O–H groups in total. The van der Waals surface area contributed by atoms with Crippen LogP contribution in [0.1, 0.15) is 45.2 Å². The molecular weight excluding hydrogens is 184 g/mol. The minimum absolute atomic E-state index is 0.490. The van der Waals surface area contributed by atoms with Crippen molar-refractivity contribution in [3.8, 4) is 0 Å². The molecule has 0 spiro atoms. The monoisotopic (exact) mass is 202 g/mol. The molecule has 2 rings (SSSR count). The van der Waals surface area contributed by atoms with Gasteiger partial charge in [0.15, 0.2) is 0 Å². The first kappa shape index (κ1) is 10.2. The van der Waals surface area contributed by atoms with Gasteiger partial charge in [-0.05, 0) is 37.5 Å². The molecule has 2 aromatic rings. The van der Waals surface area contributed by atoms with Crippen molar-refractivity contribution < 1.29 is 0 Å². The van der Waals surface area contributed by atoms with Crippen LogP contribution in [0.4, 0.5) is 0 Å². The molecule has 0 radical (unpaired) electrons. The second-order valence-electron chi connectivity index (χ2n) is 4.61. The third-order valence-corrected chi connectivity index (χ3v) is 2.79. The van der Waals surface area contributed by atoms with E-state index < -0.39 is 0 Å². The fourth-order valence-corrected chi connectivity index (χ4v) is 1.96. The van der Waals surface area contributed by atoms with Crippen molar-refractivity contribution in [1.29, 1.82) is 0 Å². The highest BCUT2D eigenvalue weighted by molar-refractivity contribution is 5.80. The molecule has 0 saturated heterocycles. The van der Waals surface area contributed by atoms with Crippen molar-refractivity contribution in [3.05, 3.63) is 30.1 Å². The molecule has 2 aromatic heterocycles. The van der Waals surface area contributed by atoms with Crippen LogP contribution in [0.25, 0.3) is 11.0 Å². The van der Waals surface area contributed by atoms with Crippen LogP contribution < -0.4 is 0 Å². The molecule has 2 heterocycles. The standard InChI is InChI=1S/C13H18N2/c1-9(2)11-8-15(10(3)4)12-6-5-7-14-13(11)12/h5-10H,1-4H3. The number of hydrogen-bond donors (Lipinski definition) is 0. The van der Waals surface area contributed by atoms with E-state index in [-0.39, 0.29) is 0 Å². The largest absolute Gasteiger partial charge is 0.343 e. The van der Waals surface area contributed by atoms with Gasteiger partial charge in [0, 0.05) is 18.4 Å². The summed E-state index contributed by atoms with van der Waals surface area (Å²) >= 11 is 0. The van der Waals surface area contributed by atoms with Gasteiger partial charge in [0.25, 0.3) is 0 Å². The van der Waals surface area contributed by atoms with Crippen molar-refractivity contribution in [2.24, 2.45) is 0 Å². The Balaban J connectivity index is 2.73. The highest BCUT2D eigenvalue weighted by Gasteiger charge is 2.13. The first-order valence-corrected chi connectivity index (χ1v) is 5.56. The van der Waals surface area contributed by atoms with Crippen LogP contribution in [-0.4, -0.2) is 9.55 Å². The number of pyridine rings is 1. The third kappa shape index (κ3) is 1.65. The van der Waals surface area contributed by atoms with Crippen LogP contribution in [0.15, 0.2) is 24.5 Å². The highest BCUT2D eigenvalue weighted by atomic mass is 15.0. The number of nitrogens with zero attached hydrogens (tertiary/aromatic N) is 2. The molecule has 0 unspecified atom stereocenters. The molecule has 0 saturated carbocycles. The van der Waals surface area contributed by atoms with Gasteiger partial charge in [0.05, 0.1) is 11.0 Å². The van der Waals surface area contributed by atoms with E-state index in [1.165, 1.54) is 11.1 Å². The normalized spacial score (nSPS) is 11.9. The van der Waals surface area contributed by atoms with Crippen molar-refractivity contribution in [3.63, 3.8) is 0 Å². The minimum Gasteiger partial charge on any atom is -0.343 e. The van der Waals surface area contributed by atoms with Gasteiger partial charge in [-0.1, -0.05) is 13.8 Å². The molecule has 15 heavy (non-hydrogen) atoms. The summed E-state index contributed by atoms with van der Waals surface area (Å²) in [6.07, 6.45) is 4.12. The molecule has 0 aliphatic carbocycles. The number of fused-ring (bicyclic) bond motifs is 1. The molecule has 2 heteroatoms. The van der Waals surface area contributed by atoms with Crippen molar-refractivity contribution in [2.75, 3.05) is 0 Å². The predicted octanol–water partition coefficient (Wildman–Crippen LogP) is 3.74. The molecule has 0 amide bonds. The Morgan fingerprint density at radius 3 is 2.53 bits per heavy atom. The molecule has 0 bridgehead atoms. The van der Waals surface area contributed by atoms with Crippen molar-refractivity contribution in [2.45, 2.75) is 39.7 Å². The van der Waals surface area contributed by atoms with Crippen LogP contribution in [0, 0.1) is 0 Å². The maximum absolute atomic E-state index is 4.48. The van der Waals surface area contributed by atoms with E-state index in [1.54, 1.807) is 0 Å². The molecular formula is C13H18N2. The SMILES string of the molecule is CC(C)c1cn(C(C)C)c2cccnc12. The van der Waals surface area contributed by atoms with E-state index in [9.17, 15) is 0 Å². The van der Waals surface area contributed by atoms with Crippen LogP contribution in [0.5, 0.6) is 0 Å². The molecule has 2 nitrogen and oxygen atoms in total. The quantitative estimate of drug-likeness (QED) is 0.725. The highest BCUT2D eigenvalue weighted by Crippen LogP contribution is 2.27. The third-order valence-electron chi connectivity index (χ3n) is 2.79. The zero-order chi connectivity index (χ0) is 11.0. The predicted molar refractivity (Wildman–Crippen MR) is 64.2 cm³/mol. The molecule has 0 aliphatic rings. The summed E-state index contributed by atoms with van der Waals surface area (Å²) in [6, 6.07) is 4.64. The average molecular weight is 202 g/mol. The summed E-state index contributed by atoms with van der Waals surface area (Å²) in [4.78, 5) is 4.48. The fourth-order valence-electron chi connectivity index (χ4n) is 1.96. The van der Waals surface area contributed by atoms with Crippen molar-refractivity contribution >= 4 is 11.0 Å². The van der Waals surface area contributed by atoms with Gasteiger partial charge in [-0.2, -0.15) is 0 Å². The van der Waals surface area contributed by atoms with Crippen LogP contribution in [-0.2, 0) is 0 Å². The van der Waals surface area contributed by atoms with E-state index in [0.29, 0.717) is 12.0 Å². The van der Waals surface area contributed by atoms with E-state index in [2.05, 4.69) is 49.5 Å². The van der Waals surface area contributed by atoms with Gasteiger partial charge in [0.2, 0.25) is 0 Å². The van der Waals surface area contributed by atoms with Gasteiger partial charge in [-0.15, -0.1) is 0 Å². The Bertz CT molecular complexity index is 424. The van der Waals surface area contributed by atoms with Crippen LogP contribution in [0.2, 0.25) is 0 Å². The maximum Gasteiger partial charge on any atom is 0.0915 e. The first-order valence-electron chi connectivity index (χ1n) is 5.56. The van der Waals surface area contributed by atoms with E-state index >= 15 is 0 Å². The summed E-state index contributed by atoms with van der Waals surface area (Å²) in [5.41, 5.74) is 3.75. The van der Waals surface area contributed by atoms with E-state index in [4.69, 9.17) is 0 Å². The van der Waals surface area contributed by atoms with Crippen molar-refractivity contribution in [1.82, 2.24) is 9.55 Å². The molecule has 0 aromatic carbocycles. The Labute approximate surface area is 90.9 Å². The topological polar surface area (TPSA) is 17.8 Å². The summed E-state index contributed by atoms with van der Waals surface area (Å²) in [6.45, 7) is 8.84. The fraction of sp³-hybridized carbons (Fsp3) is 0.462. The second kappa shape index (κ2) is 3.69. The smallest absolute Gasteiger partial charge is 0.0915 e. The Morgan fingerprint density at radius 1 is 1.20 bits per heavy atom. The first-order chi connectivity index (χ1) is 7.11. The average Bonchev–Trinajstić information content (AvgIpc) is 2.56. The Kier molecular flexibility index (Phi) is 2.51. The molecule has 0 fully saturated rings. The van der Waals surface area contributed by atoms with E-state index in [1.807, 2.05) is 12.3 Å².